The third-order valence-corrected chi connectivity index (χ3v) is 8.85. The average Bonchev–Trinajstić information content (AvgIpc) is 2.87. The van der Waals surface area contributed by atoms with E-state index in [0.717, 1.165) is 59.7 Å². The Bertz CT molecular complexity index is 848. The molecule has 0 fully saturated rings. The molecule has 0 aromatic heterocycles. The second kappa shape index (κ2) is 6.77. The van der Waals surface area contributed by atoms with Crippen molar-refractivity contribution in [2.45, 2.75) is 0 Å². The number of hydrogen-bond acceptors (Lipinski definition) is 5. The summed E-state index contributed by atoms with van der Waals surface area (Å²) in [6.45, 7) is 3.14. The highest BCUT2D eigenvalue weighted by atomic mass is 31.2. The Morgan fingerprint density at radius 1 is 0.778 bits per heavy atom. The second-order valence-electron chi connectivity index (χ2n) is 7.08. The average molecular weight is 387 g/mol. The number of likely N-dealkylation sites (N-methyl/N-ethyl adjacent to an activating group) is 2. The first-order valence-corrected chi connectivity index (χ1v) is 10.8. The van der Waals surface area contributed by atoms with Crippen LogP contribution in [0.4, 0.5) is 11.4 Å². The Kier molecular flexibility index (Phi) is 4.57. The molecule has 0 radical (unpaired) electrons. The van der Waals surface area contributed by atoms with Gasteiger partial charge in [0.25, 0.3) is 0 Å². The molecule has 0 spiro atoms. The van der Waals surface area contributed by atoms with Crippen LogP contribution < -0.4 is 29.9 Å². The second-order valence-corrected chi connectivity index (χ2v) is 9.76. The highest BCUT2D eigenvalue weighted by Crippen LogP contribution is 2.54. The van der Waals surface area contributed by atoms with Gasteiger partial charge >= 0.3 is 0 Å². The Labute approximate surface area is 160 Å². The van der Waals surface area contributed by atoms with Crippen molar-refractivity contribution in [3.05, 3.63) is 36.4 Å². The first kappa shape index (κ1) is 18.2. The van der Waals surface area contributed by atoms with Crippen molar-refractivity contribution in [2.24, 2.45) is 0 Å². The Morgan fingerprint density at radius 2 is 1.22 bits per heavy atom. The molecule has 0 atom stereocenters. The molecule has 2 aromatic carbocycles. The summed E-state index contributed by atoms with van der Waals surface area (Å²) in [6.07, 6.45) is 0. The number of ether oxygens (including phenoxy) is 2. The summed E-state index contributed by atoms with van der Waals surface area (Å²) in [5.74, 6) is 1.45. The first-order chi connectivity index (χ1) is 13.0. The highest BCUT2D eigenvalue weighted by molar-refractivity contribution is 7.77. The highest BCUT2D eigenvalue weighted by Gasteiger charge is 2.43. The van der Waals surface area contributed by atoms with Crippen molar-refractivity contribution in [1.82, 2.24) is 4.67 Å². The summed E-state index contributed by atoms with van der Waals surface area (Å²) in [5.41, 5.74) is 2.00. The smallest absolute Gasteiger partial charge is 0.211 e. The van der Waals surface area contributed by atoms with Gasteiger partial charge in [0.15, 0.2) is 0 Å². The lowest BCUT2D eigenvalue weighted by Gasteiger charge is -2.29. The maximum Gasteiger partial charge on any atom is 0.211 e. The van der Waals surface area contributed by atoms with Crippen molar-refractivity contribution in [3.63, 3.8) is 0 Å². The van der Waals surface area contributed by atoms with Gasteiger partial charge in [-0.2, -0.15) is 0 Å². The third kappa shape index (κ3) is 2.79. The molecule has 0 unspecified atom stereocenters. The Morgan fingerprint density at radius 3 is 1.63 bits per heavy atom. The van der Waals surface area contributed by atoms with E-state index in [9.17, 15) is 4.57 Å². The SMILES string of the molecule is COc1ccc2c(c1)P1(=O)c3cc(OC)ccc3N(C)CCN1CCN2C. The minimum atomic E-state index is -3.05. The molecule has 7 heteroatoms. The molecule has 27 heavy (non-hydrogen) atoms. The fourth-order valence-electron chi connectivity index (χ4n) is 3.99. The van der Waals surface area contributed by atoms with Gasteiger partial charge in [0.2, 0.25) is 7.29 Å². The fourth-order valence-corrected chi connectivity index (χ4v) is 7.32. The standard InChI is InChI=1S/C20H26N3O3P/c1-21-9-11-23-12-10-22(2)18-8-6-16(26-4)14-20(18)27(23,24)19-13-15(25-3)5-7-17(19)21/h5-8,13-14H,9-12H2,1-4H3. The van der Waals surface area contributed by atoms with E-state index in [1.807, 2.05) is 36.4 Å². The van der Waals surface area contributed by atoms with Crippen molar-refractivity contribution < 1.29 is 14.0 Å². The number of fused-ring (bicyclic) bond motifs is 5. The van der Waals surface area contributed by atoms with E-state index in [2.05, 4.69) is 28.6 Å². The molecule has 4 rings (SSSR count). The van der Waals surface area contributed by atoms with Crippen molar-refractivity contribution >= 4 is 29.3 Å². The van der Waals surface area contributed by atoms with Gasteiger partial charge in [0.05, 0.1) is 24.8 Å². The predicted molar refractivity (Wildman–Crippen MR) is 111 cm³/mol. The van der Waals surface area contributed by atoms with Gasteiger partial charge < -0.3 is 19.3 Å². The maximum absolute atomic E-state index is 14.9. The van der Waals surface area contributed by atoms with Crippen LogP contribution >= 0.6 is 7.29 Å². The zero-order chi connectivity index (χ0) is 19.2. The molecule has 2 aliphatic rings. The lowest BCUT2D eigenvalue weighted by atomic mass is 10.2. The van der Waals surface area contributed by atoms with Gasteiger partial charge in [0.1, 0.15) is 11.5 Å². The van der Waals surface area contributed by atoms with Crippen LogP contribution in [0.25, 0.3) is 0 Å². The number of anilines is 2. The molecule has 144 valence electrons. The predicted octanol–water partition coefficient (Wildman–Crippen LogP) is 2.13. The summed E-state index contributed by atoms with van der Waals surface area (Å²) in [4.78, 5) is 4.37. The van der Waals surface area contributed by atoms with Crippen LogP contribution in [0.15, 0.2) is 36.4 Å². The minimum Gasteiger partial charge on any atom is -0.497 e. The largest absolute Gasteiger partial charge is 0.497 e. The molecule has 0 amide bonds. The van der Waals surface area contributed by atoms with Gasteiger partial charge in [-0.3, -0.25) is 4.57 Å². The van der Waals surface area contributed by atoms with Gasteiger partial charge in [-0.1, -0.05) is 0 Å². The molecule has 0 bridgehead atoms. The van der Waals surface area contributed by atoms with Crippen LogP contribution in [0.1, 0.15) is 0 Å². The summed E-state index contributed by atoms with van der Waals surface area (Å²) in [5, 5.41) is 1.68. The van der Waals surface area contributed by atoms with E-state index < -0.39 is 7.29 Å². The van der Waals surface area contributed by atoms with Crippen molar-refractivity contribution in [1.29, 1.82) is 0 Å². The quantitative estimate of drug-likeness (QED) is 0.736. The summed E-state index contributed by atoms with van der Waals surface area (Å²) >= 11 is 0. The van der Waals surface area contributed by atoms with Gasteiger partial charge in [0, 0.05) is 51.6 Å². The maximum atomic E-state index is 14.9. The van der Waals surface area contributed by atoms with Crippen LogP contribution in [0.3, 0.4) is 0 Å². The molecule has 2 heterocycles. The number of methoxy groups -OCH3 is 2. The van der Waals surface area contributed by atoms with Crippen LogP contribution in [0.5, 0.6) is 11.5 Å². The van der Waals surface area contributed by atoms with Gasteiger partial charge in [-0.05, 0) is 36.4 Å². The first-order valence-electron chi connectivity index (χ1n) is 9.14. The van der Waals surface area contributed by atoms with Crippen LogP contribution in [-0.4, -0.2) is 59.2 Å². The van der Waals surface area contributed by atoms with E-state index in [0.29, 0.717) is 0 Å². The monoisotopic (exact) mass is 387 g/mol. The molecular weight excluding hydrogens is 361 g/mol. The lowest BCUT2D eigenvalue weighted by Crippen LogP contribution is -2.33. The molecular formula is C20H26N3O3P. The van der Waals surface area contributed by atoms with Crippen LogP contribution in [-0.2, 0) is 4.57 Å². The fraction of sp³-hybridized carbons (Fsp3) is 0.400. The molecule has 2 aromatic rings. The van der Waals surface area contributed by atoms with E-state index in [-0.39, 0.29) is 0 Å². The zero-order valence-corrected chi connectivity index (χ0v) is 17.2. The van der Waals surface area contributed by atoms with Crippen LogP contribution in [0.2, 0.25) is 0 Å². The van der Waals surface area contributed by atoms with Gasteiger partial charge in [-0.25, -0.2) is 4.67 Å². The number of rotatable bonds is 2. The summed E-state index contributed by atoms with van der Waals surface area (Å²) in [7, 11) is 4.36. The number of benzene rings is 2. The molecule has 0 saturated heterocycles. The zero-order valence-electron chi connectivity index (χ0n) is 16.3. The van der Waals surface area contributed by atoms with Crippen molar-refractivity contribution in [3.8, 4) is 11.5 Å². The van der Waals surface area contributed by atoms with E-state index in [1.165, 1.54) is 0 Å². The topological polar surface area (TPSA) is 45.3 Å². The van der Waals surface area contributed by atoms with Crippen LogP contribution in [0, 0.1) is 0 Å². The molecule has 6 nitrogen and oxygen atoms in total. The summed E-state index contributed by atoms with van der Waals surface area (Å²) in [6, 6.07) is 11.8. The van der Waals surface area contributed by atoms with Crippen molar-refractivity contribution in [2.75, 3.05) is 64.3 Å². The molecule has 0 saturated carbocycles. The normalized spacial score (nSPS) is 18.7. The molecule has 0 aliphatic carbocycles. The minimum absolute atomic E-state index is 0.723. The van der Waals surface area contributed by atoms with E-state index >= 15 is 0 Å². The number of hydrogen-bond donors (Lipinski definition) is 0. The van der Waals surface area contributed by atoms with E-state index in [4.69, 9.17) is 9.47 Å². The lowest BCUT2D eigenvalue weighted by molar-refractivity contribution is 0.414. The molecule has 2 aliphatic heterocycles. The summed E-state index contributed by atoms with van der Waals surface area (Å²) < 4.78 is 28.0. The van der Waals surface area contributed by atoms with E-state index in [1.54, 1.807) is 14.2 Å². The third-order valence-electron chi connectivity index (χ3n) is 5.63. The number of nitrogens with zero attached hydrogens (tertiary/aromatic N) is 3. The van der Waals surface area contributed by atoms with Gasteiger partial charge in [-0.15, -0.1) is 0 Å². The Hall–Kier alpha value is -2.17. The Balaban J connectivity index is 2.05. The molecule has 0 N–H and O–H groups in total.